The Bertz CT molecular complexity index is 580. The molecule has 0 saturated heterocycles. The average molecular weight is 284 g/mol. The van der Waals surface area contributed by atoms with Gasteiger partial charge in [0.1, 0.15) is 6.10 Å². The molecule has 0 radical (unpaired) electrons. The largest absolute Gasteiger partial charge is 0.467 e. The lowest BCUT2D eigenvalue weighted by Crippen LogP contribution is -2.20. The van der Waals surface area contributed by atoms with E-state index in [1.54, 1.807) is 36.4 Å². The van der Waals surface area contributed by atoms with Gasteiger partial charge >= 0.3 is 5.97 Å². The number of carbonyl (C=O) groups is 2. The predicted octanol–water partition coefficient (Wildman–Crippen LogP) is 2.86. The van der Waals surface area contributed by atoms with E-state index in [4.69, 9.17) is 9.47 Å². The number of ether oxygens (including phenoxy) is 2. The van der Waals surface area contributed by atoms with Crippen molar-refractivity contribution in [1.82, 2.24) is 0 Å². The minimum absolute atomic E-state index is 0.538. The summed E-state index contributed by atoms with van der Waals surface area (Å²) in [6.07, 6.45) is -1.09. The summed E-state index contributed by atoms with van der Waals surface area (Å²) in [6, 6.07) is 18.0. The molecule has 4 heteroatoms. The van der Waals surface area contributed by atoms with E-state index in [-0.39, 0.29) is 0 Å². The fourth-order valence-corrected chi connectivity index (χ4v) is 1.98. The second-order valence-electron chi connectivity index (χ2n) is 4.42. The first kappa shape index (κ1) is 14.9. The molecule has 0 aliphatic heterocycles. The molecule has 0 aromatic heterocycles. The molecule has 0 amide bonds. The van der Waals surface area contributed by atoms with Gasteiger partial charge in [-0.1, -0.05) is 60.7 Å². The maximum Gasteiger partial charge on any atom is 0.339 e. The molecule has 0 saturated carbocycles. The van der Waals surface area contributed by atoms with Crippen LogP contribution in [-0.4, -0.2) is 19.4 Å². The molecular formula is C17H16O4. The summed E-state index contributed by atoms with van der Waals surface area (Å²) in [7, 11) is 1.29. The summed E-state index contributed by atoms with van der Waals surface area (Å²) in [5.74, 6) is -0.538. The van der Waals surface area contributed by atoms with E-state index in [2.05, 4.69) is 0 Å². The van der Waals surface area contributed by atoms with Gasteiger partial charge in [-0.2, -0.15) is 0 Å². The van der Waals surface area contributed by atoms with Gasteiger partial charge in [-0.05, 0) is 11.1 Å². The van der Waals surface area contributed by atoms with Gasteiger partial charge in [-0.3, -0.25) is 0 Å². The van der Waals surface area contributed by atoms with Gasteiger partial charge in [-0.25, -0.2) is 4.79 Å². The van der Waals surface area contributed by atoms with Gasteiger partial charge in [-0.15, -0.1) is 0 Å². The Morgan fingerprint density at radius 2 is 1.48 bits per heavy atom. The number of esters is 1. The lowest BCUT2D eigenvalue weighted by Gasteiger charge is -2.20. The Balaban J connectivity index is 2.26. The highest BCUT2D eigenvalue weighted by atomic mass is 16.6. The molecule has 0 bridgehead atoms. The molecule has 0 N–H and O–H groups in total. The Morgan fingerprint density at radius 1 is 0.952 bits per heavy atom. The highest BCUT2D eigenvalue weighted by molar-refractivity contribution is 5.77. The molecule has 2 atom stereocenters. The van der Waals surface area contributed by atoms with Crippen LogP contribution in [0.15, 0.2) is 60.7 Å². The van der Waals surface area contributed by atoms with E-state index in [0.29, 0.717) is 17.4 Å². The molecule has 0 fully saturated rings. The van der Waals surface area contributed by atoms with E-state index < -0.39 is 18.2 Å². The number of rotatable bonds is 6. The minimum atomic E-state index is -0.938. The first-order valence-electron chi connectivity index (χ1n) is 6.54. The number of hydrogen-bond acceptors (Lipinski definition) is 4. The molecule has 21 heavy (non-hydrogen) atoms. The van der Waals surface area contributed by atoms with Gasteiger partial charge in [0.05, 0.1) is 7.11 Å². The van der Waals surface area contributed by atoms with Crippen molar-refractivity contribution >= 4 is 12.3 Å². The van der Waals surface area contributed by atoms with Crippen LogP contribution in [0.5, 0.6) is 0 Å². The lowest BCUT2D eigenvalue weighted by atomic mass is 10.1. The Labute approximate surface area is 123 Å². The number of aldehydes is 1. The van der Waals surface area contributed by atoms with E-state index >= 15 is 0 Å². The standard InChI is InChI=1S/C17H16O4/c1-20-17(19)16(14-10-6-3-7-11-14)21-15(12-18)13-8-4-2-5-9-13/h2-12,15-16H,1H3/t15-,16-/m1/s1. The normalized spacial score (nSPS) is 13.2. The van der Waals surface area contributed by atoms with Crippen molar-refractivity contribution in [3.05, 3.63) is 71.8 Å². The van der Waals surface area contributed by atoms with Gasteiger partial charge in [0, 0.05) is 0 Å². The third-order valence-electron chi connectivity index (χ3n) is 3.05. The van der Waals surface area contributed by atoms with Crippen LogP contribution in [0.3, 0.4) is 0 Å². The van der Waals surface area contributed by atoms with Crippen molar-refractivity contribution in [1.29, 1.82) is 0 Å². The van der Waals surface area contributed by atoms with Crippen molar-refractivity contribution in [2.45, 2.75) is 12.2 Å². The first-order chi connectivity index (χ1) is 10.3. The molecule has 2 aromatic rings. The van der Waals surface area contributed by atoms with Gasteiger partial charge < -0.3 is 14.3 Å². The average Bonchev–Trinajstić information content (AvgIpc) is 2.57. The maximum absolute atomic E-state index is 11.9. The summed E-state index contributed by atoms with van der Waals surface area (Å²) in [4.78, 5) is 23.2. The molecule has 0 spiro atoms. The number of methoxy groups -OCH3 is 1. The van der Waals surface area contributed by atoms with Crippen LogP contribution in [0.2, 0.25) is 0 Å². The number of hydrogen-bond donors (Lipinski definition) is 0. The van der Waals surface area contributed by atoms with E-state index in [1.165, 1.54) is 7.11 Å². The molecule has 0 aliphatic carbocycles. The molecule has 0 heterocycles. The number of benzene rings is 2. The van der Waals surface area contributed by atoms with E-state index in [1.807, 2.05) is 24.3 Å². The van der Waals surface area contributed by atoms with Crippen molar-refractivity contribution in [3.63, 3.8) is 0 Å². The van der Waals surface area contributed by atoms with E-state index in [0.717, 1.165) is 0 Å². The summed E-state index contributed by atoms with van der Waals surface area (Å²) in [6.45, 7) is 0. The predicted molar refractivity (Wildman–Crippen MR) is 77.5 cm³/mol. The first-order valence-corrected chi connectivity index (χ1v) is 6.54. The molecule has 0 unspecified atom stereocenters. The smallest absolute Gasteiger partial charge is 0.339 e. The SMILES string of the molecule is COC(=O)[C@H](O[C@H](C=O)c1ccccc1)c1ccccc1. The summed E-state index contributed by atoms with van der Waals surface area (Å²) < 4.78 is 10.5. The molecule has 4 nitrogen and oxygen atoms in total. The number of carbonyl (C=O) groups excluding carboxylic acids is 2. The second kappa shape index (κ2) is 7.36. The van der Waals surface area contributed by atoms with Gasteiger partial charge in [0.15, 0.2) is 12.4 Å². The van der Waals surface area contributed by atoms with Crippen LogP contribution in [-0.2, 0) is 19.1 Å². The van der Waals surface area contributed by atoms with Crippen molar-refractivity contribution in [3.8, 4) is 0 Å². The van der Waals surface area contributed by atoms with Gasteiger partial charge in [0.2, 0.25) is 0 Å². The molecule has 2 aromatic carbocycles. The highest BCUT2D eigenvalue weighted by Gasteiger charge is 2.26. The van der Waals surface area contributed by atoms with Crippen molar-refractivity contribution in [2.24, 2.45) is 0 Å². The quantitative estimate of drug-likeness (QED) is 0.604. The van der Waals surface area contributed by atoms with Crippen LogP contribution in [0.1, 0.15) is 23.3 Å². The third-order valence-corrected chi connectivity index (χ3v) is 3.05. The molecule has 108 valence electrons. The highest BCUT2D eigenvalue weighted by Crippen LogP contribution is 2.26. The van der Waals surface area contributed by atoms with Gasteiger partial charge in [0.25, 0.3) is 0 Å². The summed E-state index contributed by atoms with van der Waals surface area (Å²) in [5.41, 5.74) is 1.34. The van der Waals surface area contributed by atoms with Crippen LogP contribution in [0.4, 0.5) is 0 Å². The monoisotopic (exact) mass is 284 g/mol. The van der Waals surface area contributed by atoms with E-state index in [9.17, 15) is 9.59 Å². The lowest BCUT2D eigenvalue weighted by molar-refractivity contribution is -0.159. The Morgan fingerprint density at radius 3 is 1.95 bits per heavy atom. The topological polar surface area (TPSA) is 52.6 Å². The fraction of sp³-hybridized carbons (Fsp3) is 0.176. The molecule has 0 aliphatic rings. The Hall–Kier alpha value is -2.46. The fourth-order valence-electron chi connectivity index (χ4n) is 1.98. The third kappa shape index (κ3) is 3.77. The van der Waals surface area contributed by atoms with Crippen LogP contribution in [0.25, 0.3) is 0 Å². The minimum Gasteiger partial charge on any atom is -0.467 e. The van der Waals surface area contributed by atoms with Crippen LogP contribution < -0.4 is 0 Å². The van der Waals surface area contributed by atoms with Crippen molar-refractivity contribution < 1.29 is 19.1 Å². The van der Waals surface area contributed by atoms with Crippen LogP contribution in [0, 0.1) is 0 Å². The molecule has 2 rings (SSSR count). The van der Waals surface area contributed by atoms with Crippen LogP contribution >= 0.6 is 0 Å². The van der Waals surface area contributed by atoms with Crippen molar-refractivity contribution in [2.75, 3.05) is 7.11 Å². The summed E-state index contributed by atoms with van der Waals surface area (Å²) >= 11 is 0. The zero-order valence-electron chi connectivity index (χ0n) is 11.6. The zero-order chi connectivity index (χ0) is 15.1. The second-order valence-corrected chi connectivity index (χ2v) is 4.42. The maximum atomic E-state index is 11.9. The Kier molecular flexibility index (Phi) is 5.23. The zero-order valence-corrected chi connectivity index (χ0v) is 11.6. The summed E-state index contributed by atoms with van der Waals surface area (Å²) in [5, 5.41) is 0. The molecular weight excluding hydrogens is 268 g/mol.